The van der Waals surface area contributed by atoms with Crippen molar-refractivity contribution in [2.45, 2.75) is 26.6 Å². The summed E-state index contributed by atoms with van der Waals surface area (Å²) in [5, 5.41) is 1.42. The number of nitrogens with two attached hydrogens (primary N) is 1. The van der Waals surface area contributed by atoms with E-state index in [1.54, 1.807) is 0 Å². The lowest BCUT2D eigenvalue weighted by molar-refractivity contribution is 1.09. The molecule has 5 heteroatoms. The minimum Gasteiger partial charge on any atom is -0.382 e. The average molecular weight is 308 g/mol. The number of nitrogen functional groups attached to an aromatic ring is 1. The molecule has 2 heterocycles. The van der Waals surface area contributed by atoms with Gasteiger partial charge < -0.3 is 5.73 Å². The van der Waals surface area contributed by atoms with Crippen LogP contribution in [0.5, 0.6) is 0 Å². The molecule has 4 nitrogen and oxygen atoms in total. The lowest BCUT2D eigenvalue weighted by Gasteiger charge is -2.17. The van der Waals surface area contributed by atoms with E-state index < -0.39 is 8.07 Å². The first kappa shape index (κ1) is 14.7. The van der Waals surface area contributed by atoms with Crippen LogP contribution in [0.4, 0.5) is 5.82 Å². The summed E-state index contributed by atoms with van der Waals surface area (Å²) < 4.78 is 0. The van der Waals surface area contributed by atoms with Crippen LogP contribution in [0.25, 0.3) is 22.3 Å². The molecule has 0 radical (unpaired) electrons. The van der Waals surface area contributed by atoms with E-state index in [9.17, 15) is 0 Å². The Bertz CT molecular complexity index is 853. The molecule has 112 valence electrons. The summed E-state index contributed by atoms with van der Waals surface area (Å²) in [6, 6.07) is 12.6. The third kappa shape index (κ3) is 2.72. The topological polar surface area (TPSA) is 64.7 Å². The number of nitrogens with zero attached hydrogens (tertiary/aromatic N) is 3. The normalized spacial score (nSPS) is 11.8. The Labute approximate surface area is 131 Å². The van der Waals surface area contributed by atoms with Gasteiger partial charge in [0.25, 0.3) is 0 Å². The molecular weight excluding hydrogens is 288 g/mol. The van der Waals surface area contributed by atoms with Crippen LogP contribution in [0.15, 0.2) is 36.4 Å². The van der Waals surface area contributed by atoms with Crippen molar-refractivity contribution in [3.63, 3.8) is 0 Å². The lowest BCUT2D eigenvalue weighted by atomic mass is 10.1. The molecule has 0 bridgehead atoms. The van der Waals surface area contributed by atoms with Gasteiger partial charge >= 0.3 is 0 Å². The second-order valence-corrected chi connectivity index (χ2v) is 11.6. The Balaban J connectivity index is 2.15. The standard InChI is InChI=1S/C17H20N4Si/c1-11-19-15-9-8-14(21-16(15)17(18)20-11)12-6-5-7-13(10-12)22(2,3)4/h5-10H,1-4H3,(H2,18,19,20). The van der Waals surface area contributed by atoms with Gasteiger partial charge in [0.05, 0.1) is 19.3 Å². The lowest BCUT2D eigenvalue weighted by Crippen LogP contribution is -2.37. The van der Waals surface area contributed by atoms with Crippen molar-refractivity contribution >= 4 is 30.1 Å². The molecule has 0 aliphatic heterocycles. The van der Waals surface area contributed by atoms with Crippen LogP contribution in [0.3, 0.4) is 0 Å². The summed E-state index contributed by atoms with van der Waals surface area (Å²) in [5.41, 5.74) is 9.47. The molecular formula is C17H20N4Si. The third-order valence-electron chi connectivity index (χ3n) is 3.71. The molecule has 0 saturated carbocycles. The Morgan fingerprint density at radius 3 is 2.45 bits per heavy atom. The molecule has 2 N–H and O–H groups in total. The second-order valence-electron chi connectivity index (χ2n) is 6.55. The molecule has 3 aromatic rings. The van der Waals surface area contributed by atoms with E-state index in [4.69, 9.17) is 5.73 Å². The molecule has 2 aromatic heterocycles. The molecule has 0 amide bonds. The zero-order valence-corrected chi connectivity index (χ0v) is 14.4. The van der Waals surface area contributed by atoms with Crippen LogP contribution < -0.4 is 10.9 Å². The molecule has 0 aliphatic carbocycles. The van der Waals surface area contributed by atoms with E-state index in [1.165, 1.54) is 5.19 Å². The van der Waals surface area contributed by atoms with Gasteiger partial charge in [-0.3, -0.25) is 0 Å². The largest absolute Gasteiger partial charge is 0.382 e. The zero-order chi connectivity index (χ0) is 15.9. The number of aromatic nitrogens is 3. The number of hydrogen-bond acceptors (Lipinski definition) is 4. The minimum absolute atomic E-state index is 0.436. The first-order chi connectivity index (χ1) is 10.3. The number of rotatable bonds is 2. The van der Waals surface area contributed by atoms with Gasteiger partial charge in [-0.15, -0.1) is 0 Å². The number of hydrogen-bond donors (Lipinski definition) is 1. The predicted octanol–water partition coefficient (Wildman–Crippen LogP) is 3.13. The highest BCUT2D eigenvalue weighted by Gasteiger charge is 2.17. The van der Waals surface area contributed by atoms with Crippen LogP contribution in [0.1, 0.15) is 5.82 Å². The van der Waals surface area contributed by atoms with Crippen molar-refractivity contribution in [2.75, 3.05) is 5.73 Å². The van der Waals surface area contributed by atoms with Crippen LogP contribution in [0.2, 0.25) is 19.6 Å². The fourth-order valence-electron chi connectivity index (χ4n) is 2.46. The number of benzene rings is 1. The summed E-state index contributed by atoms with van der Waals surface area (Å²) in [5.74, 6) is 1.10. The van der Waals surface area contributed by atoms with Crippen LogP contribution in [0, 0.1) is 6.92 Å². The molecule has 0 aliphatic rings. The molecule has 3 rings (SSSR count). The van der Waals surface area contributed by atoms with Gasteiger partial charge in [0.2, 0.25) is 0 Å². The molecule has 0 spiro atoms. The van der Waals surface area contributed by atoms with E-state index in [0.717, 1.165) is 16.8 Å². The molecule has 0 unspecified atom stereocenters. The summed E-state index contributed by atoms with van der Waals surface area (Å²) >= 11 is 0. The Morgan fingerprint density at radius 1 is 0.955 bits per heavy atom. The highest BCUT2D eigenvalue weighted by atomic mass is 28.3. The maximum absolute atomic E-state index is 6.00. The molecule has 1 aromatic carbocycles. The predicted molar refractivity (Wildman–Crippen MR) is 94.9 cm³/mol. The van der Waals surface area contributed by atoms with Gasteiger partial charge in [0.1, 0.15) is 11.3 Å². The molecule has 0 fully saturated rings. The van der Waals surface area contributed by atoms with E-state index in [1.807, 2.05) is 19.1 Å². The van der Waals surface area contributed by atoms with E-state index in [0.29, 0.717) is 17.2 Å². The summed E-state index contributed by atoms with van der Waals surface area (Å²) in [4.78, 5) is 13.3. The zero-order valence-electron chi connectivity index (χ0n) is 13.4. The highest BCUT2D eigenvalue weighted by Crippen LogP contribution is 2.22. The first-order valence-electron chi connectivity index (χ1n) is 7.36. The quantitative estimate of drug-likeness (QED) is 0.739. The van der Waals surface area contributed by atoms with Gasteiger partial charge in [-0.05, 0) is 19.1 Å². The maximum Gasteiger partial charge on any atom is 0.153 e. The monoisotopic (exact) mass is 308 g/mol. The van der Waals surface area contributed by atoms with E-state index >= 15 is 0 Å². The van der Waals surface area contributed by atoms with E-state index in [-0.39, 0.29) is 0 Å². The van der Waals surface area contributed by atoms with Crippen molar-refractivity contribution in [1.29, 1.82) is 0 Å². The van der Waals surface area contributed by atoms with Crippen molar-refractivity contribution < 1.29 is 0 Å². The van der Waals surface area contributed by atoms with Crippen molar-refractivity contribution in [3.05, 3.63) is 42.2 Å². The van der Waals surface area contributed by atoms with Crippen LogP contribution in [-0.4, -0.2) is 23.0 Å². The maximum atomic E-state index is 6.00. The third-order valence-corrected chi connectivity index (χ3v) is 5.75. The molecule has 22 heavy (non-hydrogen) atoms. The summed E-state index contributed by atoms with van der Waals surface area (Å²) in [7, 11) is -1.35. The van der Waals surface area contributed by atoms with Gasteiger partial charge in [0.15, 0.2) is 5.82 Å². The van der Waals surface area contributed by atoms with Crippen LogP contribution >= 0.6 is 0 Å². The fraction of sp³-hybridized carbons (Fsp3) is 0.235. The SMILES string of the molecule is Cc1nc(N)c2nc(-c3cccc([Si](C)(C)C)c3)ccc2n1. The fourth-order valence-corrected chi connectivity index (χ4v) is 3.65. The number of pyridine rings is 1. The molecule has 0 atom stereocenters. The van der Waals surface area contributed by atoms with Gasteiger partial charge in [-0.2, -0.15) is 0 Å². The Hall–Kier alpha value is -2.27. The Kier molecular flexibility index (Phi) is 3.45. The number of anilines is 1. The van der Waals surface area contributed by atoms with Crippen molar-refractivity contribution in [3.8, 4) is 11.3 Å². The average Bonchev–Trinajstić information content (AvgIpc) is 2.46. The smallest absolute Gasteiger partial charge is 0.153 e. The first-order valence-corrected chi connectivity index (χ1v) is 10.9. The second kappa shape index (κ2) is 5.17. The van der Waals surface area contributed by atoms with Gasteiger partial charge in [0, 0.05) is 5.56 Å². The van der Waals surface area contributed by atoms with Crippen molar-refractivity contribution in [1.82, 2.24) is 15.0 Å². The van der Waals surface area contributed by atoms with Gasteiger partial charge in [-0.25, -0.2) is 15.0 Å². The number of aryl methyl sites for hydroxylation is 1. The molecule has 0 saturated heterocycles. The van der Waals surface area contributed by atoms with Gasteiger partial charge in [-0.1, -0.05) is 49.1 Å². The van der Waals surface area contributed by atoms with Crippen LogP contribution in [-0.2, 0) is 0 Å². The highest BCUT2D eigenvalue weighted by molar-refractivity contribution is 6.88. The minimum atomic E-state index is -1.35. The summed E-state index contributed by atoms with van der Waals surface area (Å²) in [6.45, 7) is 8.86. The van der Waals surface area contributed by atoms with E-state index in [2.05, 4.69) is 58.9 Å². The Morgan fingerprint density at radius 2 is 1.73 bits per heavy atom. The summed E-state index contributed by atoms with van der Waals surface area (Å²) in [6.07, 6.45) is 0. The number of fused-ring (bicyclic) bond motifs is 1. The van der Waals surface area contributed by atoms with Crippen molar-refractivity contribution in [2.24, 2.45) is 0 Å².